The third kappa shape index (κ3) is 72.4. The van der Waals surface area contributed by atoms with Crippen LogP contribution < -0.4 is 5.32 Å². The first-order valence-electron chi connectivity index (χ1n) is 39.7. The topological polar surface area (TPSA) is 223 Å². The van der Waals surface area contributed by atoms with Gasteiger partial charge in [0.2, 0.25) is 13.5 Å². The molecule has 0 aromatic carbocycles. The highest BCUT2D eigenvalue weighted by Crippen LogP contribution is 2.45. The van der Waals surface area contributed by atoms with Crippen molar-refractivity contribution in [2.45, 2.75) is 354 Å². The zero-order valence-corrected chi connectivity index (χ0v) is 65.3. The van der Waals surface area contributed by atoms with Crippen molar-refractivity contribution in [3.63, 3.8) is 0 Å². The zero-order valence-electron chi connectivity index (χ0n) is 63.5. The van der Waals surface area contributed by atoms with Gasteiger partial charge in [-0.2, -0.15) is 0 Å². The normalized spacial score (nSPS) is 14.4. The van der Waals surface area contributed by atoms with E-state index in [9.17, 15) is 38.6 Å². The Hall–Kier alpha value is -3.95. The molecule has 0 bridgehead atoms. The van der Waals surface area contributed by atoms with Crippen LogP contribution in [0.15, 0.2) is 97.2 Å². The minimum Gasteiger partial charge on any atom is -0.463 e. The summed E-state index contributed by atoms with van der Waals surface area (Å²) < 4.78 is 51.2. The first-order chi connectivity index (χ1) is 48.7. The van der Waals surface area contributed by atoms with E-state index in [1.54, 1.807) is 0 Å². The molecule has 0 aliphatic carbocycles. The van der Waals surface area contributed by atoms with E-state index in [4.69, 9.17) is 32.3 Å². The zero-order chi connectivity index (χ0) is 73.2. The smallest absolute Gasteiger partial charge is 0.463 e. The highest BCUT2D eigenvalue weighted by Gasteiger charge is 2.28. The van der Waals surface area contributed by atoms with Crippen molar-refractivity contribution in [2.24, 2.45) is 0 Å². The predicted molar refractivity (Wildman–Crippen MR) is 417 cm³/mol. The highest BCUT2D eigenvalue weighted by atomic mass is 31.2. The lowest BCUT2D eigenvalue weighted by Crippen LogP contribution is -2.42. The van der Waals surface area contributed by atoms with Crippen molar-refractivity contribution >= 4 is 45.5 Å². The monoisotopic (exact) mass is 1450 g/mol. The van der Waals surface area contributed by atoms with Gasteiger partial charge >= 0.3 is 25.7 Å². The number of ether oxygens (including phenoxy) is 3. The van der Waals surface area contributed by atoms with Crippen LogP contribution in [-0.4, -0.2) is 103 Å². The van der Waals surface area contributed by atoms with Crippen molar-refractivity contribution < 1.29 is 70.9 Å². The Morgan fingerprint density at radius 2 is 0.640 bits per heavy atom. The average Bonchev–Trinajstić information content (AvgIpc) is 1.17. The number of nitrogens with one attached hydrogen (secondary N) is 1. The fourth-order valence-electron chi connectivity index (χ4n) is 10.5. The number of amides is 1. The number of allylic oxidation sites excluding steroid dienone is 16. The van der Waals surface area contributed by atoms with Crippen molar-refractivity contribution in [3.8, 4) is 0 Å². The van der Waals surface area contributed by atoms with Gasteiger partial charge in [0.1, 0.15) is 19.3 Å². The van der Waals surface area contributed by atoms with Gasteiger partial charge in [0.25, 0.3) is 0 Å². The van der Waals surface area contributed by atoms with Crippen LogP contribution in [0.3, 0.4) is 0 Å². The molecule has 0 fully saturated rings. The number of carbonyl (C=O) groups excluding carboxylic acids is 4. The van der Waals surface area contributed by atoms with Crippen LogP contribution in [0.25, 0.3) is 0 Å². The molecule has 0 radical (unpaired) electrons. The maximum Gasteiger partial charge on any atom is 0.472 e. The molecular weight excluding hydrogens is 1300 g/mol. The number of esters is 3. The van der Waals surface area contributed by atoms with Crippen LogP contribution in [0.4, 0.5) is 0 Å². The molecule has 18 heteroatoms. The molecule has 0 heterocycles. The molecule has 578 valence electrons. The number of rotatable bonds is 74. The van der Waals surface area contributed by atoms with Crippen LogP contribution in [0, 0.1) is 0 Å². The van der Waals surface area contributed by atoms with Gasteiger partial charge in [-0.1, -0.05) is 253 Å². The van der Waals surface area contributed by atoms with Gasteiger partial charge in [-0.3, -0.25) is 28.2 Å². The number of aliphatic hydroxyl groups excluding tert-OH is 1. The SMILES string of the molecule is C=P(O)(OCC(O)COP(=O)(O)OCC(COC(=O)CCCCCC/C=C\C/C=C\CCCCCC)OC(=O)CCCCCC/C=C\C/C=C/CCCCCC)OCC(COC(=O)CCCCCC/C=C\C/C=C/CCCCCC)NC(=O)CCCCCC/C=C\C/C=C\CCCCCC. The third-order valence-corrected chi connectivity index (χ3v) is 18.7. The van der Waals surface area contributed by atoms with Gasteiger partial charge < -0.3 is 43.5 Å². The van der Waals surface area contributed by atoms with Gasteiger partial charge in [0.15, 0.2) is 6.10 Å². The van der Waals surface area contributed by atoms with E-state index >= 15 is 0 Å². The molecule has 0 rings (SSSR count). The van der Waals surface area contributed by atoms with Gasteiger partial charge in [0.05, 0.1) is 32.5 Å². The largest absolute Gasteiger partial charge is 0.472 e. The molecule has 1 amide bonds. The van der Waals surface area contributed by atoms with Gasteiger partial charge in [-0.05, 0) is 160 Å². The van der Waals surface area contributed by atoms with Crippen LogP contribution in [0.2, 0.25) is 0 Å². The Morgan fingerprint density at radius 3 is 1.00 bits per heavy atom. The van der Waals surface area contributed by atoms with E-state index < -0.39 is 78.0 Å². The summed E-state index contributed by atoms with van der Waals surface area (Å²) >= 11 is 0. The minimum absolute atomic E-state index is 0.0926. The first kappa shape index (κ1) is 96.1. The number of hydrogen-bond acceptors (Lipinski definition) is 14. The molecule has 100 heavy (non-hydrogen) atoms. The number of aliphatic hydroxyl groups is 1. The summed E-state index contributed by atoms with van der Waals surface area (Å²) in [7, 11) is -8.86. The molecule has 0 saturated heterocycles. The van der Waals surface area contributed by atoms with Gasteiger partial charge in [-0.15, -0.1) is 0 Å². The molecule has 0 aromatic rings. The van der Waals surface area contributed by atoms with Crippen LogP contribution in [-0.2, 0) is 56.0 Å². The number of unbranched alkanes of at least 4 members (excludes halogenated alkanes) is 32. The maximum absolute atomic E-state index is 13.2. The second-order valence-electron chi connectivity index (χ2n) is 26.6. The summed E-state index contributed by atoms with van der Waals surface area (Å²) in [6.45, 7) is 5.83. The number of hydrogen-bond donors (Lipinski definition) is 4. The molecule has 0 aromatic heterocycles. The summed E-state index contributed by atoms with van der Waals surface area (Å²) in [4.78, 5) is 73.7. The number of carbonyl (C=O) groups is 4. The number of phosphoric acid groups is 1. The van der Waals surface area contributed by atoms with Gasteiger partial charge in [-0.25, -0.2) is 4.57 Å². The average molecular weight is 1450 g/mol. The second kappa shape index (κ2) is 73.4. The second-order valence-corrected chi connectivity index (χ2v) is 29.9. The van der Waals surface area contributed by atoms with Crippen molar-refractivity contribution in [1.29, 1.82) is 0 Å². The first-order valence-corrected chi connectivity index (χ1v) is 43.0. The summed E-state index contributed by atoms with van der Waals surface area (Å²) in [5.41, 5.74) is 0. The fraction of sp³-hybridized carbons (Fsp3) is 0.744. The van der Waals surface area contributed by atoms with E-state index in [2.05, 4.69) is 137 Å². The van der Waals surface area contributed by atoms with E-state index in [1.807, 2.05) is 0 Å². The lowest BCUT2D eigenvalue weighted by atomic mass is 10.1. The predicted octanol–water partition coefficient (Wildman–Crippen LogP) is 22.4. The van der Waals surface area contributed by atoms with Crippen molar-refractivity contribution in [2.75, 3.05) is 39.6 Å². The molecule has 0 aliphatic heterocycles. The highest BCUT2D eigenvalue weighted by molar-refractivity contribution is 7.58. The summed E-state index contributed by atoms with van der Waals surface area (Å²) in [5, 5.41) is 13.6. The van der Waals surface area contributed by atoms with E-state index in [-0.39, 0.29) is 44.8 Å². The molecule has 4 N–H and O–H groups in total. The Labute approximate surface area is 609 Å². The molecule has 0 spiro atoms. The lowest BCUT2D eigenvalue weighted by molar-refractivity contribution is -0.161. The lowest BCUT2D eigenvalue weighted by Gasteiger charge is -2.24. The third-order valence-electron chi connectivity index (χ3n) is 16.7. The standard InChI is InChI=1S/C82H145NO15P2/c1-6-10-14-18-22-26-30-34-38-42-46-50-54-58-62-66-79(85)83-76(70-92-80(86)67-63-59-55-51-47-43-39-35-31-27-23-19-15-11-7-2)71-94-99(5,89)95-72-77(84)73-96-100(90,91)97-75-78(98-82(88)69-65-61-57-53-49-45-41-37-33-29-25-21-17-13-9-4)74-93-81(87)68-64-60-56-52-48-44-40-36-32-28-24-20-16-12-8-3/h26-33,38-45,76-78,84,89H,5-25,34-37,46-75H2,1-4H3,(H,83,85)(H,90,91)/b30-26-,31-27+,32-28-,33-29+,42-38-,43-39-,44-40-,45-41-. The quantitative estimate of drug-likeness (QED) is 0.0146. The van der Waals surface area contributed by atoms with Crippen molar-refractivity contribution in [1.82, 2.24) is 5.32 Å². The maximum atomic E-state index is 13.2. The Kier molecular flexibility index (Phi) is 70.5. The molecule has 0 saturated carbocycles. The summed E-state index contributed by atoms with van der Waals surface area (Å²) in [5.74, 6) is -1.76. The molecule has 5 atom stereocenters. The molecule has 5 unspecified atom stereocenters. The van der Waals surface area contributed by atoms with Crippen molar-refractivity contribution in [3.05, 3.63) is 97.2 Å². The van der Waals surface area contributed by atoms with Crippen LogP contribution in [0.5, 0.6) is 0 Å². The molecular formula is C82H145NO15P2. The summed E-state index contributed by atoms with van der Waals surface area (Å²) in [6.07, 6.45) is 83.3. The van der Waals surface area contributed by atoms with E-state index in [0.29, 0.717) is 25.7 Å². The van der Waals surface area contributed by atoms with Gasteiger partial charge in [0, 0.05) is 25.7 Å². The van der Waals surface area contributed by atoms with E-state index in [0.717, 1.165) is 154 Å². The Bertz CT molecular complexity index is 2120. The Morgan fingerprint density at radius 1 is 0.350 bits per heavy atom. The van der Waals surface area contributed by atoms with Crippen LogP contribution in [0.1, 0.15) is 336 Å². The fourth-order valence-corrected chi connectivity index (χ4v) is 12.2. The van der Waals surface area contributed by atoms with E-state index in [1.165, 1.54) is 103 Å². The Balaban J connectivity index is 5.41. The molecule has 0 aliphatic rings. The molecule has 16 nitrogen and oxygen atoms in total. The summed E-state index contributed by atoms with van der Waals surface area (Å²) in [6, 6.07) is -0.857. The van der Waals surface area contributed by atoms with Crippen LogP contribution >= 0.6 is 15.4 Å². The minimum atomic E-state index is -4.91. The number of phosphoric ester groups is 1.